The fourth-order valence-corrected chi connectivity index (χ4v) is 3.53. The van der Waals surface area contributed by atoms with E-state index in [-0.39, 0.29) is 0 Å². The predicted molar refractivity (Wildman–Crippen MR) is 96.5 cm³/mol. The van der Waals surface area contributed by atoms with Crippen LogP contribution < -0.4 is 5.32 Å². The lowest BCUT2D eigenvalue weighted by Crippen LogP contribution is -2.06. The van der Waals surface area contributed by atoms with Crippen LogP contribution in [0.4, 0.5) is 5.69 Å². The van der Waals surface area contributed by atoms with Crippen LogP contribution in [0.25, 0.3) is 0 Å². The van der Waals surface area contributed by atoms with Gasteiger partial charge in [-0.25, -0.2) is 0 Å². The van der Waals surface area contributed by atoms with Crippen LogP contribution in [0.2, 0.25) is 0 Å². The number of anilines is 1. The molecule has 0 saturated heterocycles. The third-order valence-electron chi connectivity index (χ3n) is 5.02. The molecule has 2 nitrogen and oxygen atoms in total. The van der Waals surface area contributed by atoms with E-state index in [1.165, 1.54) is 88.3 Å². The maximum absolute atomic E-state index is 4.31. The molecule has 0 radical (unpaired) electrons. The first-order valence-electron chi connectivity index (χ1n) is 9.55. The highest BCUT2D eigenvalue weighted by Gasteiger charge is 2.10. The van der Waals surface area contributed by atoms with Crippen molar-refractivity contribution in [2.45, 2.75) is 89.9 Å². The summed E-state index contributed by atoms with van der Waals surface area (Å²) in [6.45, 7) is 3.46. The predicted octanol–water partition coefficient (Wildman–Crippen LogP) is 6.29. The molecule has 1 unspecified atom stereocenters. The number of rotatable bonds is 0. The van der Waals surface area contributed by atoms with Gasteiger partial charge in [-0.15, -0.1) is 0 Å². The molecule has 0 saturated carbocycles. The quantitative estimate of drug-likeness (QED) is 0.609. The van der Waals surface area contributed by atoms with Crippen LogP contribution in [0.15, 0.2) is 18.5 Å². The number of nitrogens with zero attached hydrogens (tertiary/aromatic N) is 1. The van der Waals surface area contributed by atoms with Gasteiger partial charge in [0.1, 0.15) is 0 Å². The van der Waals surface area contributed by atoms with Crippen molar-refractivity contribution in [2.75, 3.05) is 11.9 Å². The van der Waals surface area contributed by atoms with Gasteiger partial charge < -0.3 is 5.32 Å². The molecule has 2 heteroatoms. The van der Waals surface area contributed by atoms with E-state index in [9.17, 15) is 0 Å². The van der Waals surface area contributed by atoms with Gasteiger partial charge in [-0.2, -0.15) is 0 Å². The lowest BCUT2D eigenvalue weighted by atomic mass is 9.94. The first-order valence-corrected chi connectivity index (χ1v) is 9.55. The van der Waals surface area contributed by atoms with E-state index in [0.717, 1.165) is 6.54 Å². The summed E-state index contributed by atoms with van der Waals surface area (Å²) in [5.74, 6) is 0.640. The van der Waals surface area contributed by atoms with Gasteiger partial charge in [-0.3, -0.25) is 4.98 Å². The molecule has 0 aromatic carbocycles. The number of hydrogen-bond acceptors (Lipinski definition) is 2. The normalized spacial score (nSPS) is 23.0. The van der Waals surface area contributed by atoms with Crippen molar-refractivity contribution in [1.29, 1.82) is 0 Å². The van der Waals surface area contributed by atoms with E-state index in [4.69, 9.17) is 0 Å². The van der Waals surface area contributed by atoms with Crippen LogP contribution in [-0.2, 0) is 0 Å². The van der Waals surface area contributed by atoms with Crippen LogP contribution in [-0.4, -0.2) is 11.5 Å². The number of fused-ring (bicyclic) bond motifs is 1. The lowest BCUT2D eigenvalue weighted by molar-refractivity contribution is 0.532. The average molecular weight is 303 g/mol. The van der Waals surface area contributed by atoms with E-state index in [0.29, 0.717) is 5.92 Å². The van der Waals surface area contributed by atoms with Crippen molar-refractivity contribution in [1.82, 2.24) is 4.98 Å². The molecule has 0 fully saturated rings. The molecule has 2 rings (SSSR count). The van der Waals surface area contributed by atoms with Crippen LogP contribution in [0.5, 0.6) is 0 Å². The summed E-state index contributed by atoms with van der Waals surface area (Å²) in [5.41, 5.74) is 2.72. The van der Waals surface area contributed by atoms with Crippen molar-refractivity contribution < 1.29 is 0 Å². The van der Waals surface area contributed by atoms with Crippen molar-refractivity contribution in [3.8, 4) is 0 Å². The Kier molecular flexibility index (Phi) is 8.37. The molecule has 1 aromatic heterocycles. The van der Waals surface area contributed by atoms with Crippen molar-refractivity contribution in [3.63, 3.8) is 0 Å². The van der Waals surface area contributed by atoms with Gasteiger partial charge in [-0.05, 0) is 30.4 Å². The molecule has 1 aliphatic rings. The van der Waals surface area contributed by atoms with Gasteiger partial charge in [0, 0.05) is 12.7 Å². The Morgan fingerprint density at radius 3 is 2.14 bits per heavy atom. The monoisotopic (exact) mass is 302 g/mol. The number of aromatic nitrogens is 1. The van der Waals surface area contributed by atoms with Crippen LogP contribution in [0, 0.1) is 0 Å². The molecule has 1 aromatic rings. The summed E-state index contributed by atoms with van der Waals surface area (Å²) < 4.78 is 0. The number of pyridine rings is 1. The van der Waals surface area contributed by atoms with Gasteiger partial charge in [0.05, 0.1) is 11.9 Å². The zero-order valence-electron chi connectivity index (χ0n) is 14.4. The van der Waals surface area contributed by atoms with E-state index < -0.39 is 0 Å². The van der Waals surface area contributed by atoms with E-state index in [1.807, 2.05) is 12.4 Å². The topological polar surface area (TPSA) is 24.9 Å². The summed E-state index contributed by atoms with van der Waals surface area (Å²) in [4.78, 5) is 4.31. The molecule has 0 spiro atoms. The SMILES string of the molecule is CC1CCCCCCCCCCCCCNc2cnccc21. The maximum Gasteiger partial charge on any atom is 0.0561 e. The number of nitrogens with one attached hydrogen (secondary N) is 1. The third kappa shape index (κ3) is 6.37. The maximum atomic E-state index is 4.31. The molecule has 2 heterocycles. The zero-order valence-corrected chi connectivity index (χ0v) is 14.4. The lowest BCUT2D eigenvalue weighted by Gasteiger charge is -2.17. The van der Waals surface area contributed by atoms with E-state index in [1.54, 1.807) is 0 Å². The Labute approximate surface area is 137 Å². The molecule has 0 aliphatic carbocycles. The fourth-order valence-electron chi connectivity index (χ4n) is 3.53. The Balaban J connectivity index is 1.90. The fraction of sp³-hybridized carbons (Fsp3) is 0.750. The highest BCUT2D eigenvalue weighted by atomic mass is 14.9. The van der Waals surface area contributed by atoms with Crippen LogP contribution in [0.1, 0.15) is 95.5 Å². The average Bonchev–Trinajstić information content (AvgIpc) is 2.55. The minimum absolute atomic E-state index is 0.640. The zero-order chi connectivity index (χ0) is 15.5. The largest absolute Gasteiger partial charge is 0.384 e. The first kappa shape index (κ1) is 17.3. The highest BCUT2D eigenvalue weighted by molar-refractivity contribution is 5.50. The van der Waals surface area contributed by atoms with Crippen LogP contribution in [0.3, 0.4) is 0 Å². The Morgan fingerprint density at radius 1 is 0.864 bits per heavy atom. The summed E-state index contributed by atoms with van der Waals surface area (Å²) in [6.07, 6.45) is 20.7. The minimum Gasteiger partial charge on any atom is -0.384 e. The standard InChI is InChI=1S/C20H34N2/c1-18-13-11-9-7-5-3-2-4-6-8-10-12-15-22-20-17-21-16-14-19(18)20/h14,16-18,22H,2-13,15H2,1H3. The van der Waals surface area contributed by atoms with Gasteiger partial charge in [-0.1, -0.05) is 71.1 Å². The van der Waals surface area contributed by atoms with Crippen LogP contribution >= 0.6 is 0 Å². The second-order valence-electron chi connectivity index (χ2n) is 6.97. The summed E-state index contributed by atoms with van der Waals surface area (Å²) in [6, 6.07) is 2.21. The van der Waals surface area contributed by atoms with Gasteiger partial charge in [0.25, 0.3) is 0 Å². The molecule has 1 atom stereocenters. The van der Waals surface area contributed by atoms with E-state index >= 15 is 0 Å². The van der Waals surface area contributed by atoms with Gasteiger partial charge in [0.2, 0.25) is 0 Å². The molecular weight excluding hydrogens is 268 g/mol. The smallest absolute Gasteiger partial charge is 0.0561 e. The molecule has 0 amide bonds. The molecule has 22 heavy (non-hydrogen) atoms. The van der Waals surface area contributed by atoms with Gasteiger partial charge >= 0.3 is 0 Å². The summed E-state index contributed by atoms with van der Waals surface area (Å²) in [7, 11) is 0. The molecule has 1 aliphatic heterocycles. The van der Waals surface area contributed by atoms with Gasteiger partial charge in [0.15, 0.2) is 0 Å². The molecule has 1 N–H and O–H groups in total. The second-order valence-corrected chi connectivity index (χ2v) is 6.97. The van der Waals surface area contributed by atoms with E-state index in [2.05, 4.69) is 23.3 Å². The van der Waals surface area contributed by atoms with Crippen molar-refractivity contribution >= 4 is 5.69 Å². The highest BCUT2D eigenvalue weighted by Crippen LogP contribution is 2.28. The Hall–Kier alpha value is -1.05. The summed E-state index contributed by atoms with van der Waals surface area (Å²) >= 11 is 0. The minimum atomic E-state index is 0.640. The Morgan fingerprint density at radius 2 is 1.45 bits per heavy atom. The second kappa shape index (κ2) is 10.6. The third-order valence-corrected chi connectivity index (χ3v) is 5.02. The Bertz CT molecular complexity index is 402. The molecule has 0 bridgehead atoms. The molecule has 124 valence electrons. The summed E-state index contributed by atoms with van der Waals surface area (Å²) in [5, 5.41) is 3.63. The van der Waals surface area contributed by atoms with Crippen molar-refractivity contribution in [3.05, 3.63) is 24.0 Å². The molecular formula is C20H34N2. The first-order chi connectivity index (χ1) is 10.9. The number of hydrogen-bond donors (Lipinski definition) is 1. The van der Waals surface area contributed by atoms with Crippen molar-refractivity contribution in [2.24, 2.45) is 0 Å².